The lowest BCUT2D eigenvalue weighted by molar-refractivity contribution is 0.240. The van der Waals surface area contributed by atoms with E-state index in [1.807, 2.05) is 34.0 Å². The Kier molecular flexibility index (Phi) is 4.96. The maximum absolute atomic E-state index is 5.69. The monoisotopic (exact) mass is 289 g/mol. The first-order valence-corrected chi connectivity index (χ1v) is 6.37. The summed E-state index contributed by atoms with van der Waals surface area (Å²) in [6, 6.07) is 6.14. The first-order chi connectivity index (χ1) is 6.99. The molecule has 0 saturated carbocycles. The van der Waals surface area contributed by atoms with Crippen LogP contribution in [0.1, 0.15) is 13.8 Å². The van der Waals surface area contributed by atoms with Crippen molar-refractivity contribution in [3.05, 3.63) is 22.7 Å². The van der Waals surface area contributed by atoms with Crippen LogP contribution in [0.4, 0.5) is 0 Å². The Labute approximate surface area is 104 Å². The third-order valence-corrected chi connectivity index (χ3v) is 3.04. The van der Waals surface area contributed by atoms with Crippen molar-refractivity contribution in [1.82, 2.24) is 4.31 Å². The zero-order chi connectivity index (χ0) is 11.4. The summed E-state index contributed by atoms with van der Waals surface area (Å²) in [4.78, 5) is 1.18. The molecule has 0 spiro atoms. The fourth-order valence-electron chi connectivity index (χ4n) is 1.10. The van der Waals surface area contributed by atoms with Gasteiger partial charge in [0.25, 0.3) is 0 Å². The van der Waals surface area contributed by atoms with Gasteiger partial charge in [-0.2, -0.15) is 0 Å². The van der Waals surface area contributed by atoms with E-state index in [4.69, 9.17) is 4.74 Å². The lowest BCUT2D eigenvalue weighted by atomic mass is 10.3. The molecule has 0 fully saturated rings. The molecule has 0 radical (unpaired) electrons. The van der Waals surface area contributed by atoms with Crippen LogP contribution in [0.3, 0.4) is 0 Å². The van der Waals surface area contributed by atoms with Crippen LogP contribution in [0.5, 0.6) is 5.75 Å². The lowest BCUT2D eigenvalue weighted by Crippen LogP contribution is -2.06. The molecule has 15 heavy (non-hydrogen) atoms. The fourth-order valence-corrected chi connectivity index (χ4v) is 2.15. The summed E-state index contributed by atoms with van der Waals surface area (Å²) in [6.07, 6.45) is 0.195. The first-order valence-electron chi connectivity index (χ1n) is 4.80. The summed E-state index contributed by atoms with van der Waals surface area (Å²) in [5.41, 5.74) is 0. The number of hydrogen-bond donors (Lipinski definition) is 0. The second-order valence-corrected chi connectivity index (χ2v) is 5.90. The average Bonchev–Trinajstić information content (AvgIpc) is 2.09. The molecule has 0 heterocycles. The van der Waals surface area contributed by atoms with E-state index >= 15 is 0 Å². The van der Waals surface area contributed by atoms with Gasteiger partial charge in [-0.3, -0.25) is 4.31 Å². The quantitative estimate of drug-likeness (QED) is 0.782. The van der Waals surface area contributed by atoms with Gasteiger partial charge < -0.3 is 4.74 Å². The number of ether oxygens (including phenoxy) is 1. The van der Waals surface area contributed by atoms with Crippen molar-refractivity contribution in [2.24, 2.45) is 0 Å². The molecule has 1 aromatic rings. The van der Waals surface area contributed by atoms with Gasteiger partial charge in [0.15, 0.2) is 0 Å². The topological polar surface area (TPSA) is 12.5 Å². The highest BCUT2D eigenvalue weighted by atomic mass is 79.9. The van der Waals surface area contributed by atoms with E-state index in [-0.39, 0.29) is 6.10 Å². The highest BCUT2D eigenvalue weighted by Gasteiger charge is 2.06. The van der Waals surface area contributed by atoms with Crippen molar-refractivity contribution in [3.63, 3.8) is 0 Å². The highest BCUT2D eigenvalue weighted by Crippen LogP contribution is 2.31. The summed E-state index contributed by atoms with van der Waals surface area (Å²) in [6.45, 7) is 4.05. The first kappa shape index (κ1) is 12.9. The molecule has 0 unspecified atom stereocenters. The molecule has 0 saturated heterocycles. The van der Waals surface area contributed by atoms with Gasteiger partial charge in [0.2, 0.25) is 0 Å². The Morgan fingerprint density at radius 1 is 1.33 bits per heavy atom. The lowest BCUT2D eigenvalue weighted by Gasteiger charge is -2.14. The minimum atomic E-state index is 0.195. The summed E-state index contributed by atoms with van der Waals surface area (Å²) >= 11 is 5.16. The molecule has 1 aromatic carbocycles. The number of nitrogens with zero attached hydrogens (tertiary/aromatic N) is 1. The van der Waals surface area contributed by atoms with Gasteiger partial charge in [0, 0.05) is 4.90 Å². The molecule has 1 rings (SSSR count). The summed E-state index contributed by atoms with van der Waals surface area (Å²) < 4.78 is 8.75. The normalized spacial score (nSPS) is 11.1. The zero-order valence-electron chi connectivity index (χ0n) is 9.45. The fraction of sp³-hybridized carbons (Fsp3) is 0.455. The predicted octanol–water partition coefficient (Wildman–Crippen LogP) is 3.81. The Morgan fingerprint density at radius 3 is 2.53 bits per heavy atom. The maximum atomic E-state index is 5.69. The van der Waals surface area contributed by atoms with Crippen LogP contribution in [-0.2, 0) is 0 Å². The van der Waals surface area contributed by atoms with Gasteiger partial charge in [0.05, 0.1) is 10.6 Å². The maximum Gasteiger partial charge on any atom is 0.135 e. The van der Waals surface area contributed by atoms with Crippen molar-refractivity contribution >= 4 is 27.9 Å². The Morgan fingerprint density at radius 2 is 2.00 bits per heavy atom. The van der Waals surface area contributed by atoms with E-state index in [1.54, 1.807) is 11.9 Å². The Bertz CT molecular complexity index is 328. The minimum Gasteiger partial charge on any atom is -0.490 e. The molecule has 4 heteroatoms. The molecule has 0 aliphatic rings. The standard InChI is InChI=1S/C11H16BrNOS/c1-8(2)14-11-7-9(15-13(3)4)5-6-10(11)12/h5-8H,1-4H3. The zero-order valence-corrected chi connectivity index (χ0v) is 11.9. The summed E-state index contributed by atoms with van der Waals surface area (Å²) in [7, 11) is 4.05. The van der Waals surface area contributed by atoms with Crippen molar-refractivity contribution in [2.45, 2.75) is 24.8 Å². The van der Waals surface area contributed by atoms with Crippen LogP contribution in [-0.4, -0.2) is 24.5 Å². The van der Waals surface area contributed by atoms with Crippen molar-refractivity contribution in [1.29, 1.82) is 0 Å². The Balaban J connectivity index is 2.85. The van der Waals surface area contributed by atoms with Gasteiger partial charge in [-0.25, -0.2) is 0 Å². The van der Waals surface area contributed by atoms with Gasteiger partial charge in [-0.15, -0.1) is 0 Å². The van der Waals surface area contributed by atoms with E-state index in [0.29, 0.717) is 0 Å². The molecule has 0 atom stereocenters. The van der Waals surface area contributed by atoms with Crippen LogP contribution in [0.15, 0.2) is 27.6 Å². The third-order valence-electron chi connectivity index (χ3n) is 1.55. The molecule has 0 bridgehead atoms. The van der Waals surface area contributed by atoms with Crippen LogP contribution >= 0.6 is 27.9 Å². The second-order valence-electron chi connectivity index (χ2n) is 3.66. The van der Waals surface area contributed by atoms with E-state index < -0.39 is 0 Å². The molecule has 84 valence electrons. The molecule has 0 N–H and O–H groups in total. The van der Waals surface area contributed by atoms with Gasteiger partial charge in [0.1, 0.15) is 5.75 Å². The van der Waals surface area contributed by atoms with Gasteiger partial charge in [-0.05, 0) is 74.0 Å². The molecular formula is C11H16BrNOS. The van der Waals surface area contributed by atoms with Crippen LogP contribution in [0.2, 0.25) is 0 Å². The van der Waals surface area contributed by atoms with Gasteiger partial charge >= 0.3 is 0 Å². The molecule has 0 aliphatic heterocycles. The van der Waals surface area contributed by atoms with Gasteiger partial charge in [-0.1, -0.05) is 0 Å². The summed E-state index contributed by atoms with van der Waals surface area (Å²) in [5, 5.41) is 0. The minimum absolute atomic E-state index is 0.195. The van der Waals surface area contributed by atoms with Crippen molar-refractivity contribution in [2.75, 3.05) is 14.1 Å². The second kappa shape index (κ2) is 5.77. The van der Waals surface area contributed by atoms with Crippen LogP contribution < -0.4 is 4.74 Å². The SMILES string of the molecule is CC(C)Oc1cc(SN(C)C)ccc1Br. The number of rotatable bonds is 4. The molecule has 0 aliphatic carbocycles. The highest BCUT2D eigenvalue weighted by molar-refractivity contribution is 9.10. The van der Waals surface area contributed by atoms with Crippen molar-refractivity contribution < 1.29 is 4.74 Å². The average molecular weight is 290 g/mol. The predicted molar refractivity (Wildman–Crippen MR) is 69.5 cm³/mol. The molecule has 0 aromatic heterocycles. The molecule has 0 amide bonds. The Hall–Kier alpha value is -0.190. The molecular weight excluding hydrogens is 274 g/mol. The third kappa shape index (κ3) is 4.45. The van der Waals surface area contributed by atoms with E-state index in [2.05, 4.69) is 32.4 Å². The number of hydrogen-bond acceptors (Lipinski definition) is 3. The van der Waals surface area contributed by atoms with E-state index in [1.165, 1.54) is 4.90 Å². The van der Waals surface area contributed by atoms with Crippen LogP contribution in [0.25, 0.3) is 0 Å². The van der Waals surface area contributed by atoms with Crippen molar-refractivity contribution in [3.8, 4) is 5.75 Å². The van der Waals surface area contributed by atoms with Crippen LogP contribution in [0, 0.1) is 0 Å². The smallest absolute Gasteiger partial charge is 0.135 e. The molecule has 2 nitrogen and oxygen atoms in total. The van der Waals surface area contributed by atoms with E-state index in [9.17, 15) is 0 Å². The summed E-state index contributed by atoms with van der Waals surface area (Å²) in [5.74, 6) is 0.900. The largest absolute Gasteiger partial charge is 0.490 e. The van der Waals surface area contributed by atoms with E-state index in [0.717, 1.165) is 10.2 Å². The number of benzene rings is 1. The number of halogens is 1.